The van der Waals surface area contributed by atoms with Crippen LogP contribution in [0.4, 0.5) is 10.1 Å². The highest BCUT2D eigenvalue weighted by Gasteiger charge is 2.64. The quantitative estimate of drug-likeness (QED) is 0.661. The lowest BCUT2D eigenvalue weighted by atomic mass is 9.71. The van der Waals surface area contributed by atoms with E-state index in [1.165, 1.54) is 23.5 Å². The number of halogens is 1. The summed E-state index contributed by atoms with van der Waals surface area (Å²) in [6.07, 6.45) is 0. The number of carbonyl (C=O) groups excluding carboxylic acids is 2. The number of Topliss-reactive ketones (excluding diaryl/α,β-unsaturated/α-hetero) is 1. The minimum Gasteiger partial charge on any atom is -0.324 e. The second-order valence-electron chi connectivity index (χ2n) is 7.62. The number of para-hydroxylation sites is 1. The van der Waals surface area contributed by atoms with Crippen molar-refractivity contribution in [1.82, 2.24) is 4.90 Å². The summed E-state index contributed by atoms with van der Waals surface area (Å²) in [6, 6.07) is 17.5. The Morgan fingerprint density at radius 1 is 1.14 bits per heavy atom. The van der Waals surface area contributed by atoms with Gasteiger partial charge in [0.25, 0.3) is 0 Å². The molecule has 1 N–H and O–H groups in total. The number of thiophene rings is 1. The van der Waals surface area contributed by atoms with Crippen LogP contribution in [0.3, 0.4) is 0 Å². The number of likely N-dealkylation sites (tertiary alicyclic amines) is 1. The zero-order valence-electron chi connectivity index (χ0n) is 15.8. The molecule has 4 nitrogen and oxygen atoms in total. The Hall–Kier alpha value is -2.83. The predicted molar refractivity (Wildman–Crippen MR) is 111 cm³/mol. The number of anilines is 1. The molecule has 6 heteroatoms. The summed E-state index contributed by atoms with van der Waals surface area (Å²) in [5, 5.41) is 4.85. The van der Waals surface area contributed by atoms with Gasteiger partial charge in [-0.3, -0.25) is 14.5 Å². The van der Waals surface area contributed by atoms with Gasteiger partial charge in [-0.1, -0.05) is 36.4 Å². The number of hydrogen-bond acceptors (Lipinski definition) is 4. The molecular weight excluding hydrogens is 387 g/mol. The van der Waals surface area contributed by atoms with Gasteiger partial charge >= 0.3 is 0 Å². The van der Waals surface area contributed by atoms with Gasteiger partial charge in [0, 0.05) is 23.7 Å². The molecule has 3 heterocycles. The molecule has 0 aliphatic carbocycles. The maximum atomic E-state index is 13.8. The maximum absolute atomic E-state index is 13.8. The van der Waals surface area contributed by atoms with Crippen molar-refractivity contribution in [2.24, 2.45) is 5.92 Å². The fourth-order valence-electron chi connectivity index (χ4n) is 4.98. The van der Waals surface area contributed by atoms with Crippen LogP contribution in [0, 0.1) is 11.7 Å². The van der Waals surface area contributed by atoms with Crippen molar-refractivity contribution < 1.29 is 14.0 Å². The molecule has 1 spiro atoms. The normalized spacial score (nSPS) is 25.9. The summed E-state index contributed by atoms with van der Waals surface area (Å²) < 4.78 is 13.5. The van der Waals surface area contributed by atoms with Gasteiger partial charge in [-0.05, 0) is 42.3 Å². The third-order valence-corrected chi connectivity index (χ3v) is 7.09. The molecule has 0 unspecified atom stereocenters. The molecule has 2 aromatic carbocycles. The zero-order valence-corrected chi connectivity index (χ0v) is 16.6. The van der Waals surface area contributed by atoms with Crippen LogP contribution in [-0.2, 0) is 10.3 Å². The van der Waals surface area contributed by atoms with Crippen LogP contribution < -0.4 is 5.32 Å². The van der Waals surface area contributed by atoms with Gasteiger partial charge in [0.2, 0.25) is 5.91 Å². The minimum absolute atomic E-state index is 0.0504. The van der Waals surface area contributed by atoms with Crippen molar-refractivity contribution in [3.05, 3.63) is 87.9 Å². The summed E-state index contributed by atoms with van der Waals surface area (Å²) in [5.74, 6) is -1.39. The standard InChI is InChI=1S/C23H19FN2O2S/c1-26-13-16(14-8-10-15(24)11-9-14)20(21(27)19-7-4-12-29-19)23(26)17-5-2-3-6-18(17)25-22(23)28/h2-12,16,20H,13H2,1H3,(H,25,28)/t16-,20-,23+/m1/s1. The number of fused-ring (bicyclic) bond motifs is 2. The van der Waals surface area contributed by atoms with Crippen molar-refractivity contribution in [1.29, 1.82) is 0 Å². The summed E-state index contributed by atoms with van der Waals surface area (Å²) in [7, 11) is 1.89. The SMILES string of the molecule is CN1C[C@H](c2ccc(F)cc2)[C@H](C(=O)c2cccs2)[C@@]12C(=O)Nc1ccccc12. The Morgan fingerprint density at radius 2 is 1.90 bits per heavy atom. The zero-order chi connectivity index (χ0) is 20.2. The van der Waals surface area contributed by atoms with Crippen LogP contribution >= 0.6 is 11.3 Å². The monoisotopic (exact) mass is 406 g/mol. The van der Waals surface area contributed by atoms with Gasteiger partial charge in [-0.2, -0.15) is 0 Å². The minimum atomic E-state index is -1.09. The number of nitrogens with one attached hydrogen (secondary N) is 1. The first-order valence-corrected chi connectivity index (χ1v) is 10.4. The highest BCUT2D eigenvalue weighted by atomic mass is 32.1. The predicted octanol–water partition coefficient (Wildman–Crippen LogP) is 4.26. The first-order chi connectivity index (χ1) is 14.0. The summed E-state index contributed by atoms with van der Waals surface area (Å²) in [4.78, 5) is 29.8. The molecule has 146 valence electrons. The number of rotatable bonds is 3. The van der Waals surface area contributed by atoms with E-state index in [0.717, 1.165) is 16.8 Å². The molecule has 0 saturated carbocycles. The van der Waals surface area contributed by atoms with E-state index in [9.17, 15) is 14.0 Å². The van der Waals surface area contributed by atoms with Crippen molar-refractivity contribution in [2.75, 3.05) is 18.9 Å². The van der Waals surface area contributed by atoms with Crippen molar-refractivity contribution in [2.45, 2.75) is 11.5 Å². The molecule has 0 bridgehead atoms. The molecule has 1 fully saturated rings. The fraction of sp³-hybridized carbons (Fsp3) is 0.217. The third kappa shape index (κ3) is 2.52. The number of hydrogen-bond donors (Lipinski definition) is 1. The van der Waals surface area contributed by atoms with E-state index in [-0.39, 0.29) is 23.4 Å². The van der Waals surface area contributed by atoms with E-state index in [2.05, 4.69) is 5.32 Å². The van der Waals surface area contributed by atoms with E-state index in [0.29, 0.717) is 11.4 Å². The topological polar surface area (TPSA) is 49.4 Å². The van der Waals surface area contributed by atoms with Gasteiger partial charge in [-0.25, -0.2) is 4.39 Å². The third-order valence-electron chi connectivity index (χ3n) is 6.20. The van der Waals surface area contributed by atoms with E-state index in [1.807, 2.05) is 47.7 Å². The molecule has 29 heavy (non-hydrogen) atoms. The molecular formula is C23H19FN2O2S. The van der Waals surface area contributed by atoms with Crippen molar-refractivity contribution in [3.8, 4) is 0 Å². The highest BCUT2D eigenvalue weighted by Crippen LogP contribution is 2.55. The van der Waals surface area contributed by atoms with Crippen LogP contribution in [-0.4, -0.2) is 30.2 Å². The summed E-state index contributed by atoms with van der Waals surface area (Å²) in [5.41, 5.74) is 1.35. The Morgan fingerprint density at radius 3 is 2.62 bits per heavy atom. The van der Waals surface area contributed by atoms with Crippen molar-refractivity contribution in [3.63, 3.8) is 0 Å². The number of nitrogens with zero attached hydrogens (tertiary/aromatic N) is 1. The first kappa shape index (κ1) is 18.2. The average Bonchev–Trinajstić information content (AvgIpc) is 3.42. The van der Waals surface area contributed by atoms with Gasteiger partial charge in [0.15, 0.2) is 5.78 Å². The smallest absolute Gasteiger partial charge is 0.250 e. The van der Waals surface area contributed by atoms with E-state index >= 15 is 0 Å². The second kappa shape index (κ2) is 6.61. The molecule has 1 aromatic heterocycles. The largest absolute Gasteiger partial charge is 0.324 e. The molecule has 2 aliphatic heterocycles. The van der Waals surface area contributed by atoms with Gasteiger partial charge in [0.1, 0.15) is 11.4 Å². The summed E-state index contributed by atoms with van der Waals surface area (Å²) in [6.45, 7) is 0.523. The lowest BCUT2D eigenvalue weighted by Crippen LogP contribution is -2.51. The van der Waals surface area contributed by atoms with E-state index in [1.54, 1.807) is 18.2 Å². The number of likely N-dealkylation sites (N-methyl/N-ethyl adjacent to an activating group) is 1. The number of carbonyl (C=O) groups is 2. The fourth-order valence-corrected chi connectivity index (χ4v) is 5.68. The molecule has 5 rings (SSSR count). The van der Waals surface area contributed by atoms with Gasteiger partial charge in [0.05, 0.1) is 10.8 Å². The average molecular weight is 406 g/mol. The van der Waals surface area contributed by atoms with Crippen LogP contribution in [0.15, 0.2) is 66.0 Å². The second-order valence-corrected chi connectivity index (χ2v) is 8.57. The Kier molecular flexibility index (Phi) is 4.15. The molecule has 1 saturated heterocycles. The Bertz CT molecular complexity index is 1100. The first-order valence-electron chi connectivity index (χ1n) is 9.49. The lowest BCUT2D eigenvalue weighted by molar-refractivity contribution is -0.126. The number of amides is 1. The van der Waals surface area contributed by atoms with Crippen LogP contribution in [0.1, 0.15) is 26.7 Å². The van der Waals surface area contributed by atoms with E-state index < -0.39 is 11.5 Å². The van der Waals surface area contributed by atoms with Gasteiger partial charge < -0.3 is 5.32 Å². The van der Waals surface area contributed by atoms with Crippen molar-refractivity contribution >= 4 is 28.7 Å². The molecule has 2 aliphatic rings. The van der Waals surface area contributed by atoms with Crippen LogP contribution in [0.5, 0.6) is 0 Å². The Balaban J connectivity index is 1.73. The van der Waals surface area contributed by atoms with Gasteiger partial charge in [-0.15, -0.1) is 11.3 Å². The maximum Gasteiger partial charge on any atom is 0.250 e. The molecule has 3 aromatic rings. The number of ketones is 1. The molecule has 0 radical (unpaired) electrons. The molecule has 1 amide bonds. The molecule has 3 atom stereocenters. The number of benzene rings is 2. The van der Waals surface area contributed by atoms with E-state index in [4.69, 9.17) is 0 Å². The van der Waals surface area contributed by atoms with Crippen LogP contribution in [0.2, 0.25) is 0 Å². The summed E-state index contributed by atoms with van der Waals surface area (Å²) >= 11 is 1.38. The Labute approximate surface area is 172 Å². The van der Waals surface area contributed by atoms with Crippen LogP contribution in [0.25, 0.3) is 0 Å². The highest BCUT2D eigenvalue weighted by molar-refractivity contribution is 7.12. The lowest BCUT2D eigenvalue weighted by Gasteiger charge is -2.35.